The van der Waals surface area contributed by atoms with Crippen molar-refractivity contribution >= 4 is 5.91 Å². The number of rotatable bonds is 3. The zero-order valence-corrected chi connectivity index (χ0v) is 7.09. The van der Waals surface area contributed by atoms with E-state index in [0.29, 0.717) is 13.0 Å². The van der Waals surface area contributed by atoms with Crippen LogP contribution in [0.1, 0.15) is 15.9 Å². The van der Waals surface area contributed by atoms with Gasteiger partial charge < -0.3 is 11.5 Å². The Kier molecular flexibility index (Phi) is 2.97. The Labute approximate surface area is 75.5 Å². The van der Waals surface area contributed by atoms with Crippen molar-refractivity contribution < 1.29 is 9.18 Å². The third-order valence-electron chi connectivity index (χ3n) is 1.73. The van der Waals surface area contributed by atoms with Crippen LogP contribution in [0.3, 0.4) is 0 Å². The van der Waals surface area contributed by atoms with Gasteiger partial charge in [-0.3, -0.25) is 4.79 Å². The first-order valence-corrected chi connectivity index (χ1v) is 3.93. The minimum absolute atomic E-state index is 0.0826. The van der Waals surface area contributed by atoms with Gasteiger partial charge in [0.2, 0.25) is 0 Å². The average molecular weight is 182 g/mol. The summed E-state index contributed by atoms with van der Waals surface area (Å²) in [4.78, 5) is 10.6. The van der Waals surface area contributed by atoms with Gasteiger partial charge in [0.25, 0.3) is 5.91 Å². The molecule has 70 valence electrons. The van der Waals surface area contributed by atoms with Gasteiger partial charge in [-0.1, -0.05) is 6.07 Å². The Morgan fingerprint density at radius 2 is 2.15 bits per heavy atom. The predicted octanol–water partition coefficient (Wildman–Crippen LogP) is 0.426. The Morgan fingerprint density at radius 1 is 1.46 bits per heavy atom. The van der Waals surface area contributed by atoms with Gasteiger partial charge in [0.05, 0.1) is 5.56 Å². The summed E-state index contributed by atoms with van der Waals surface area (Å²) in [5.41, 5.74) is 10.9. The molecule has 1 rings (SSSR count). The van der Waals surface area contributed by atoms with Crippen LogP contribution in [0, 0.1) is 5.82 Å². The third-order valence-corrected chi connectivity index (χ3v) is 1.73. The van der Waals surface area contributed by atoms with Gasteiger partial charge >= 0.3 is 0 Å². The van der Waals surface area contributed by atoms with E-state index in [9.17, 15) is 9.18 Å². The molecule has 0 saturated carbocycles. The van der Waals surface area contributed by atoms with Gasteiger partial charge in [-0.15, -0.1) is 0 Å². The second-order valence-electron chi connectivity index (χ2n) is 2.72. The Morgan fingerprint density at radius 3 is 2.62 bits per heavy atom. The first kappa shape index (κ1) is 9.67. The molecule has 1 amide bonds. The fourth-order valence-electron chi connectivity index (χ4n) is 1.08. The molecule has 0 aliphatic heterocycles. The molecule has 4 heteroatoms. The SMILES string of the molecule is NCCc1ccc(C(N)=O)c(F)c1. The lowest BCUT2D eigenvalue weighted by Crippen LogP contribution is -2.13. The molecule has 4 N–H and O–H groups in total. The fourth-order valence-corrected chi connectivity index (χ4v) is 1.08. The van der Waals surface area contributed by atoms with E-state index in [-0.39, 0.29) is 5.56 Å². The third kappa shape index (κ3) is 2.26. The number of primary amides is 1. The summed E-state index contributed by atoms with van der Waals surface area (Å²) in [5, 5.41) is 0. The van der Waals surface area contributed by atoms with E-state index in [1.165, 1.54) is 12.1 Å². The van der Waals surface area contributed by atoms with E-state index in [1.54, 1.807) is 6.07 Å². The fraction of sp³-hybridized carbons (Fsp3) is 0.222. The number of carbonyl (C=O) groups is 1. The molecular formula is C9H11FN2O. The van der Waals surface area contributed by atoms with Crippen molar-refractivity contribution in [1.29, 1.82) is 0 Å². The maximum absolute atomic E-state index is 13.1. The Bertz CT molecular complexity index is 325. The van der Waals surface area contributed by atoms with Gasteiger partial charge in [-0.2, -0.15) is 0 Å². The minimum atomic E-state index is -0.753. The second-order valence-corrected chi connectivity index (χ2v) is 2.72. The molecule has 1 aromatic rings. The lowest BCUT2D eigenvalue weighted by Gasteiger charge is -2.01. The zero-order chi connectivity index (χ0) is 9.84. The monoisotopic (exact) mass is 182 g/mol. The van der Waals surface area contributed by atoms with Crippen molar-refractivity contribution in [2.75, 3.05) is 6.54 Å². The lowest BCUT2D eigenvalue weighted by atomic mass is 10.1. The summed E-state index contributed by atoms with van der Waals surface area (Å²) in [6, 6.07) is 4.31. The van der Waals surface area contributed by atoms with Crippen LogP contribution in [-0.2, 0) is 6.42 Å². The summed E-state index contributed by atoms with van der Waals surface area (Å²) in [6.07, 6.45) is 0.593. The largest absolute Gasteiger partial charge is 0.366 e. The number of carbonyl (C=O) groups excluding carboxylic acids is 1. The molecule has 1 aromatic carbocycles. The number of benzene rings is 1. The number of hydrogen-bond acceptors (Lipinski definition) is 2. The molecule has 0 aliphatic rings. The molecule has 0 aliphatic carbocycles. The van der Waals surface area contributed by atoms with E-state index < -0.39 is 11.7 Å². The highest BCUT2D eigenvalue weighted by molar-refractivity contribution is 5.93. The first-order valence-electron chi connectivity index (χ1n) is 3.93. The van der Waals surface area contributed by atoms with Crippen LogP contribution in [0.15, 0.2) is 18.2 Å². The number of hydrogen-bond donors (Lipinski definition) is 2. The van der Waals surface area contributed by atoms with E-state index in [4.69, 9.17) is 11.5 Å². The standard InChI is InChI=1S/C9H11FN2O/c10-8-5-6(3-4-11)1-2-7(8)9(12)13/h1-2,5H,3-4,11H2,(H2,12,13). The maximum atomic E-state index is 13.1. The molecule has 0 aromatic heterocycles. The molecule has 3 nitrogen and oxygen atoms in total. The molecule has 0 fully saturated rings. The number of nitrogens with two attached hydrogens (primary N) is 2. The highest BCUT2D eigenvalue weighted by Crippen LogP contribution is 2.09. The van der Waals surface area contributed by atoms with Crippen molar-refractivity contribution in [2.24, 2.45) is 11.5 Å². The molecule has 0 spiro atoms. The summed E-state index contributed by atoms with van der Waals surface area (Å²) < 4.78 is 13.1. The van der Waals surface area contributed by atoms with Gasteiger partial charge in [0.15, 0.2) is 0 Å². The Hall–Kier alpha value is -1.42. The van der Waals surface area contributed by atoms with E-state index in [2.05, 4.69) is 0 Å². The average Bonchev–Trinajstić information content (AvgIpc) is 2.04. The smallest absolute Gasteiger partial charge is 0.251 e. The van der Waals surface area contributed by atoms with E-state index in [1.807, 2.05) is 0 Å². The lowest BCUT2D eigenvalue weighted by molar-refractivity contribution is 0.0996. The van der Waals surface area contributed by atoms with Crippen LogP contribution < -0.4 is 11.5 Å². The predicted molar refractivity (Wildman–Crippen MR) is 47.7 cm³/mol. The quantitative estimate of drug-likeness (QED) is 0.711. The molecule has 13 heavy (non-hydrogen) atoms. The van der Waals surface area contributed by atoms with Gasteiger partial charge in [0, 0.05) is 0 Å². The van der Waals surface area contributed by atoms with Crippen molar-refractivity contribution in [3.63, 3.8) is 0 Å². The van der Waals surface area contributed by atoms with Crippen LogP contribution >= 0.6 is 0 Å². The summed E-state index contributed by atoms with van der Waals surface area (Å²) in [6.45, 7) is 0.454. The normalized spacial score (nSPS) is 10.0. The highest BCUT2D eigenvalue weighted by atomic mass is 19.1. The molecule has 0 atom stereocenters. The minimum Gasteiger partial charge on any atom is -0.366 e. The first-order chi connectivity index (χ1) is 6.15. The topological polar surface area (TPSA) is 69.1 Å². The molecule has 0 bridgehead atoms. The molecule has 0 saturated heterocycles. The summed E-state index contributed by atoms with van der Waals surface area (Å²) in [7, 11) is 0. The van der Waals surface area contributed by atoms with Crippen LogP contribution in [0.25, 0.3) is 0 Å². The van der Waals surface area contributed by atoms with Gasteiger partial charge in [-0.25, -0.2) is 4.39 Å². The van der Waals surface area contributed by atoms with Crippen molar-refractivity contribution in [3.05, 3.63) is 35.1 Å². The van der Waals surface area contributed by atoms with E-state index >= 15 is 0 Å². The van der Waals surface area contributed by atoms with Crippen molar-refractivity contribution in [1.82, 2.24) is 0 Å². The molecule has 0 heterocycles. The van der Waals surface area contributed by atoms with Gasteiger partial charge in [0.1, 0.15) is 5.82 Å². The zero-order valence-electron chi connectivity index (χ0n) is 7.09. The van der Waals surface area contributed by atoms with Crippen LogP contribution in [0.2, 0.25) is 0 Å². The van der Waals surface area contributed by atoms with Crippen LogP contribution in [0.5, 0.6) is 0 Å². The van der Waals surface area contributed by atoms with Crippen LogP contribution in [0.4, 0.5) is 4.39 Å². The summed E-state index contributed by atoms with van der Waals surface area (Å²) in [5.74, 6) is -1.34. The molecule has 0 unspecified atom stereocenters. The Balaban J connectivity index is 2.98. The highest BCUT2D eigenvalue weighted by Gasteiger charge is 2.07. The van der Waals surface area contributed by atoms with Gasteiger partial charge in [-0.05, 0) is 30.7 Å². The molecular weight excluding hydrogens is 171 g/mol. The molecule has 0 radical (unpaired) electrons. The van der Waals surface area contributed by atoms with Crippen molar-refractivity contribution in [3.8, 4) is 0 Å². The van der Waals surface area contributed by atoms with Crippen molar-refractivity contribution in [2.45, 2.75) is 6.42 Å². The maximum Gasteiger partial charge on any atom is 0.251 e. The summed E-state index contributed by atoms with van der Waals surface area (Å²) >= 11 is 0. The number of amides is 1. The number of halogens is 1. The second kappa shape index (κ2) is 4.00. The van der Waals surface area contributed by atoms with Crippen LogP contribution in [-0.4, -0.2) is 12.5 Å². The van der Waals surface area contributed by atoms with E-state index in [0.717, 1.165) is 5.56 Å².